The smallest absolute Gasteiger partial charge is 0.175 e. The minimum absolute atomic E-state index is 0.299. The normalized spacial score (nSPS) is 11.1. The molecule has 0 amide bonds. The summed E-state index contributed by atoms with van der Waals surface area (Å²) in [6.07, 6.45) is 1.82. The van der Waals surface area contributed by atoms with Crippen molar-refractivity contribution in [3.8, 4) is 17.6 Å². The Kier molecular flexibility index (Phi) is 7.44. The second-order valence-corrected chi connectivity index (χ2v) is 8.28. The number of hydrogen-bond acceptors (Lipinski definition) is 3. The lowest BCUT2D eigenvalue weighted by molar-refractivity contribution is 0.282. The van der Waals surface area contributed by atoms with E-state index in [1.165, 1.54) is 0 Å². The Morgan fingerprint density at radius 2 is 1.80 bits per heavy atom. The molecular weight excluding hydrogens is 485 g/mol. The standard InChI is InChI=1S/C24H18BrCl2NO2/c1-15-3-6-18(7-4-15)19(13-28)9-17-10-20(25)24(23(12-17)29-2)30-14-16-5-8-21(26)22(27)11-16/h3-12H,14H2,1-2H3/b19-9-. The number of nitriles is 1. The highest BCUT2D eigenvalue weighted by Crippen LogP contribution is 2.38. The van der Waals surface area contributed by atoms with E-state index in [1.54, 1.807) is 19.2 Å². The number of ether oxygens (including phenoxy) is 2. The zero-order valence-corrected chi connectivity index (χ0v) is 19.5. The van der Waals surface area contributed by atoms with Crippen molar-refractivity contribution < 1.29 is 9.47 Å². The molecule has 0 fully saturated rings. The Morgan fingerprint density at radius 1 is 1.07 bits per heavy atom. The lowest BCUT2D eigenvalue weighted by atomic mass is 10.0. The van der Waals surface area contributed by atoms with Crippen LogP contribution < -0.4 is 9.47 Å². The fourth-order valence-electron chi connectivity index (χ4n) is 2.83. The number of rotatable bonds is 6. The first-order valence-electron chi connectivity index (χ1n) is 9.04. The Balaban J connectivity index is 1.88. The Labute approximate surface area is 194 Å². The maximum atomic E-state index is 9.61. The van der Waals surface area contributed by atoms with E-state index in [-0.39, 0.29) is 0 Å². The average molecular weight is 503 g/mol. The minimum atomic E-state index is 0.299. The van der Waals surface area contributed by atoms with E-state index in [4.69, 9.17) is 32.7 Å². The molecule has 0 saturated heterocycles. The molecular formula is C24H18BrCl2NO2. The van der Waals surface area contributed by atoms with Crippen LogP contribution in [0.25, 0.3) is 11.6 Å². The van der Waals surface area contributed by atoms with E-state index < -0.39 is 0 Å². The van der Waals surface area contributed by atoms with Gasteiger partial charge in [0, 0.05) is 0 Å². The van der Waals surface area contributed by atoms with Gasteiger partial charge < -0.3 is 9.47 Å². The van der Waals surface area contributed by atoms with Crippen molar-refractivity contribution in [2.45, 2.75) is 13.5 Å². The second-order valence-electron chi connectivity index (χ2n) is 6.61. The van der Waals surface area contributed by atoms with Gasteiger partial charge in [-0.2, -0.15) is 5.26 Å². The van der Waals surface area contributed by atoms with Crippen molar-refractivity contribution in [2.75, 3.05) is 7.11 Å². The van der Waals surface area contributed by atoms with Crippen LogP contribution >= 0.6 is 39.1 Å². The molecule has 152 valence electrons. The molecule has 0 spiro atoms. The largest absolute Gasteiger partial charge is 0.493 e. The van der Waals surface area contributed by atoms with E-state index in [9.17, 15) is 5.26 Å². The third-order valence-electron chi connectivity index (χ3n) is 4.41. The van der Waals surface area contributed by atoms with Crippen LogP contribution in [-0.4, -0.2) is 7.11 Å². The monoisotopic (exact) mass is 501 g/mol. The van der Waals surface area contributed by atoms with Gasteiger partial charge >= 0.3 is 0 Å². The Morgan fingerprint density at radius 3 is 2.43 bits per heavy atom. The van der Waals surface area contributed by atoms with E-state index >= 15 is 0 Å². The second kappa shape index (κ2) is 10.0. The first-order chi connectivity index (χ1) is 14.4. The number of halogens is 3. The maximum Gasteiger partial charge on any atom is 0.175 e. The van der Waals surface area contributed by atoms with Gasteiger partial charge in [-0.05, 0) is 69.9 Å². The topological polar surface area (TPSA) is 42.2 Å². The van der Waals surface area contributed by atoms with Crippen LogP contribution in [0.4, 0.5) is 0 Å². The van der Waals surface area contributed by atoms with Crippen LogP contribution in [0.1, 0.15) is 22.3 Å². The molecule has 0 heterocycles. The van der Waals surface area contributed by atoms with Crippen LogP contribution in [-0.2, 0) is 6.61 Å². The zero-order valence-electron chi connectivity index (χ0n) is 16.4. The lowest BCUT2D eigenvalue weighted by Crippen LogP contribution is -1.99. The molecule has 3 rings (SSSR count). The number of nitrogens with zero attached hydrogens (tertiary/aromatic N) is 1. The summed E-state index contributed by atoms with van der Waals surface area (Å²) in [5.74, 6) is 1.12. The fourth-order valence-corrected chi connectivity index (χ4v) is 3.72. The summed E-state index contributed by atoms with van der Waals surface area (Å²) in [5.41, 5.74) is 4.27. The fraction of sp³-hybridized carbons (Fsp3) is 0.125. The predicted molar refractivity (Wildman–Crippen MR) is 126 cm³/mol. The van der Waals surface area contributed by atoms with E-state index in [1.807, 2.05) is 55.5 Å². The van der Waals surface area contributed by atoms with Crippen molar-refractivity contribution >= 4 is 50.8 Å². The maximum absolute atomic E-state index is 9.61. The van der Waals surface area contributed by atoms with Crippen LogP contribution in [0.3, 0.4) is 0 Å². The molecule has 0 atom stereocenters. The van der Waals surface area contributed by atoms with E-state index in [0.717, 1.165) is 22.3 Å². The van der Waals surface area contributed by atoms with Crippen molar-refractivity contribution in [2.24, 2.45) is 0 Å². The van der Waals surface area contributed by atoms with Gasteiger partial charge in [-0.15, -0.1) is 0 Å². The summed E-state index contributed by atoms with van der Waals surface area (Å²) >= 11 is 15.6. The van der Waals surface area contributed by atoms with Gasteiger partial charge in [0.15, 0.2) is 11.5 Å². The molecule has 0 N–H and O–H groups in total. The molecule has 3 nitrogen and oxygen atoms in total. The summed E-state index contributed by atoms with van der Waals surface area (Å²) in [7, 11) is 1.58. The number of allylic oxidation sites excluding steroid dienone is 1. The molecule has 0 aromatic heterocycles. The molecule has 0 aliphatic carbocycles. The van der Waals surface area contributed by atoms with Crippen molar-refractivity contribution in [1.29, 1.82) is 5.26 Å². The van der Waals surface area contributed by atoms with Gasteiger partial charge in [0.25, 0.3) is 0 Å². The highest BCUT2D eigenvalue weighted by atomic mass is 79.9. The first-order valence-corrected chi connectivity index (χ1v) is 10.6. The lowest BCUT2D eigenvalue weighted by Gasteiger charge is -2.14. The molecule has 3 aromatic carbocycles. The molecule has 30 heavy (non-hydrogen) atoms. The number of aryl methyl sites for hydroxylation is 1. The Hall–Kier alpha value is -2.45. The van der Waals surface area contributed by atoms with E-state index in [0.29, 0.717) is 38.2 Å². The minimum Gasteiger partial charge on any atom is -0.493 e. The van der Waals surface area contributed by atoms with Gasteiger partial charge in [-0.3, -0.25) is 0 Å². The SMILES string of the molecule is COc1cc(/C=C(/C#N)c2ccc(C)cc2)cc(Br)c1OCc1ccc(Cl)c(Cl)c1. The molecule has 0 aliphatic heterocycles. The zero-order chi connectivity index (χ0) is 21.7. The number of hydrogen-bond donors (Lipinski definition) is 0. The number of benzene rings is 3. The molecule has 0 aliphatic rings. The quantitative estimate of drug-likeness (QED) is 0.256. The molecule has 0 radical (unpaired) electrons. The summed E-state index contributed by atoms with van der Waals surface area (Å²) in [4.78, 5) is 0. The molecule has 6 heteroatoms. The molecule has 0 saturated carbocycles. The number of methoxy groups -OCH3 is 1. The van der Waals surface area contributed by atoms with Crippen LogP contribution in [0.5, 0.6) is 11.5 Å². The highest BCUT2D eigenvalue weighted by molar-refractivity contribution is 9.10. The average Bonchev–Trinajstić information content (AvgIpc) is 2.74. The Bertz CT molecular complexity index is 1140. The molecule has 3 aromatic rings. The highest BCUT2D eigenvalue weighted by Gasteiger charge is 2.13. The van der Waals surface area contributed by atoms with Crippen molar-refractivity contribution in [1.82, 2.24) is 0 Å². The summed E-state index contributed by atoms with van der Waals surface area (Å²) in [6.45, 7) is 2.31. The van der Waals surface area contributed by atoms with Gasteiger partial charge in [-0.25, -0.2) is 0 Å². The van der Waals surface area contributed by atoms with Gasteiger partial charge in [0.2, 0.25) is 0 Å². The van der Waals surface area contributed by atoms with Gasteiger partial charge in [0.1, 0.15) is 6.61 Å². The predicted octanol–water partition coefficient (Wildman–Crippen LogP) is 7.72. The molecule has 0 unspecified atom stereocenters. The van der Waals surface area contributed by atoms with Crippen LogP contribution in [0.15, 0.2) is 59.1 Å². The summed E-state index contributed by atoms with van der Waals surface area (Å²) < 4.78 is 12.2. The first kappa shape index (κ1) is 22.2. The van der Waals surface area contributed by atoms with Crippen LogP contribution in [0, 0.1) is 18.3 Å². The third-order valence-corrected chi connectivity index (χ3v) is 5.74. The third kappa shape index (κ3) is 5.37. The van der Waals surface area contributed by atoms with Crippen LogP contribution in [0.2, 0.25) is 10.0 Å². The molecule has 0 bridgehead atoms. The van der Waals surface area contributed by atoms with Crippen molar-refractivity contribution in [3.63, 3.8) is 0 Å². The van der Waals surface area contributed by atoms with E-state index in [2.05, 4.69) is 22.0 Å². The van der Waals surface area contributed by atoms with Gasteiger partial charge in [-0.1, -0.05) is 59.1 Å². The van der Waals surface area contributed by atoms with Gasteiger partial charge in [0.05, 0.1) is 33.3 Å². The summed E-state index contributed by atoms with van der Waals surface area (Å²) in [6, 6.07) is 19.2. The van der Waals surface area contributed by atoms with Crippen molar-refractivity contribution in [3.05, 3.63) is 91.4 Å². The summed E-state index contributed by atoms with van der Waals surface area (Å²) in [5, 5.41) is 10.6.